The van der Waals surface area contributed by atoms with Gasteiger partial charge in [0, 0.05) is 21.2 Å². The zero-order valence-corrected chi connectivity index (χ0v) is 17.4. The van der Waals surface area contributed by atoms with Crippen LogP contribution in [0.3, 0.4) is 0 Å². The number of amides is 1. The standard InChI is InChI=1S/C19H12Cl2N4OS2/c20-13-5-3-6-14(21)12(13)10-27-19-25-24-18(28-19)23-17(26)16-9-8-11-4-1-2-7-15(11)22-16/h1-9H,10H2,(H,23,24,26). The second-order valence-corrected chi connectivity index (χ2v) is 8.72. The number of thioether (sulfide) groups is 1. The van der Waals surface area contributed by atoms with Crippen LogP contribution in [-0.2, 0) is 5.75 Å². The van der Waals surface area contributed by atoms with Gasteiger partial charge in [0.25, 0.3) is 5.91 Å². The highest BCUT2D eigenvalue weighted by Gasteiger charge is 2.13. The lowest BCUT2D eigenvalue weighted by Crippen LogP contribution is -2.13. The number of carbonyl (C=O) groups is 1. The minimum atomic E-state index is -0.326. The molecule has 1 N–H and O–H groups in total. The van der Waals surface area contributed by atoms with Crippen LogP contribution < -0.4 is 5.32 Å². The minimum Gasteiger partial charge on any atom is -0.295 e. The van der Waals surface area contributed by atoms with Crippen molar-refractivity contribution in [3.8, 4) is 0 Å². The molecule has 0 spiro atoms. The molecule has 0 atom stereocenters. The van der Waals surface area contributed by atoms with Gasteiger partial charge in [0.2, 0.25) is 5.13 Å². The number of nitrogens with zero attached hydrogens (tertiary/aromatic N) is 3. The van der Waals surface area contributed by atoms with Crippen molar-refractivity contribution in [2.45, 2.75) is 10.1 Å². The van der Waals surface area contributed by atoms with Crippen LogP contribution in [0.15, 0.2) is 58.9 Å². The summed E-state index contributed by atoms with van der Waals surface area (Å²) in [6.07, 6.45) is 0. The Kier molecular flexibility index (Phi) is 5.77. The smallest absolute Gasteiger partial charge is 0.276 e. The first kappa shape index (κ1) is 19.1. The molecule has 9 heteroatoms. The second kappa shape index (κ2) is 8.45. The largest absolute Gasteiger partial charge is 0.295 e. The molecule has 5 nitrogen and oxygen atoms in total. The number of pyridine rings is 1. The molecule has 2 aromatic heterocycles. The summed E-state index contributed by atoms with van der Waals surface area (Å²) in [5, 5.41) is 13.5. The van der Waals surface area contributed by atoms with Crippen LogP contribution in [0, 0.1) is 0 Å². The summed E-state index contributed by atoms with van der Waals surface area (Å²) < 4.78 is 0.706. The molecule has 4 aromatic rings. The molecule has 0 aliphatic carbocycles. The third-order valence-electron chi connectivity index (χ3n) is 3.86. The van der Waals surface area contributed by atoms with Gasteiger partial charge >= 0.3 is 0 Å². The van der Waals surface area contributed by atoms with Crippen molar-refractivity contribution >= 4 is 68.2 Å². The number of benzene rings is 2. The second-order valence-electron chi connectivity index (χ2n) is 5.71. The SMILES string of the molecule is O=C(Nc1nnc(SCc2c(Cl)cccc2Cl)s1)c1ccc2ccccc2n1. The van der Waals surface area contributed by atoms with E-state index in [1.54, 1.807) is 24.3 Å². The first-order valence-electron chi connectivity index (χ1n) is 8.16. The molecule has 2 heterocycles. The number of para-hydroxylation sites is 1. The quantitative estimate of drug-likeness (QED) is 0.303. The lowest BCUT2D eigenvalue weighted by Gasteiger charge is -2.04. The normalized spacial score (nSPS) is 10.9. The van der Waals surface area contributed by atoms with E-state index in [0.717, 1.165) is 16.5 Å². The van der Waals surface area contributed by atoms with Gasteiger partial charge in [-0.2, -0.15) is 0 Å². The number of hydrogen-bond donors (Lipinski definition) is 1. The highest BCUT2D eigenvalue weighted by Crippen LogP contribution is 2.33. The summed E-state index contributed by atoms with van der Waals surface area (Å²) >= 11 is 15.1. The number of carbonyl (C=O) groups excluding carboxylic acids is 1. The molecular formula is C19H12Cl2N4OS2. The zero-order valence-electron chi connectivity index (χ0n) is 14.2. The van der Waals surface area contributed by atoms with Gasteiger partial charge in [0.05, 0.1) is 5.52 Å². The Balaban J connectivity index is 1.43. The van der Waals surface area contributed by atoms with Gasteiger partial charge in [0.1, 0.15) is 5.69 Å². The van der Waals surface area contributed by atoms with E-state index >= 15 is 0 Å². The zero-order chi connectivity index (χ0) is 19.5. The first-order valence-corrected chi connectivity index (χ1v) is 10.7. The summed E-state index contributed by atoms with van der Waals surface area (Å²) in [6.45, 7) is 0. The van der Waals surface area contributed by atoms with Crippen LogP contribution in [0.2, 0.25) is 10.0 Å². The summed E-state index contributed by atoms with van der Waals surface area (Å²) in [5.74, 6) is 0.237. The van der Waals surface area contributed by atoms with Crippen molar-refractivity contribution in [1.82, 2.24) is 15.2 Å². The Morgan fingerprint density at radius 2 is 1.79 bits per heavy atom. The van der Waals surface area contributed by atoms with Gasteiger partial charge in [-0.15, -0.1) is 10.2 Å². The van der Waals surface area contributed by atoms with Gasteiger partial charge in [-0.25, -0.2) is 4.98 Å². The molecule has 0 bridgehead atoms. The molecular weight excluding hydrogens is 435 g/mol. The van der Waals surface area contributed by atoms with E-state index in [-0.39, 0.29) is 5.91 Å². The van der Waals surface area contributed by atoms with Gasteiger partial charge in [-0.05, 0) is 29.8 Å². The topological polar surface area (TPSA) is 67.8 Å². The highest BCUT2D eigenvalue weighted by atomic mass is 35.5. The Labute approximate surface area is 179 Å². The minimum absolute atomic E-state index is 0.325. The van der Waals surface area contributed by atoms with E-state index in [9.17, 15) is 4.79 Å². The van der Waals surface area contributed by atoms with Crippen LogP contribution in [-0.4, -0.2) is 21.1 Å². The molecule has 1 amide bonds. The van der Waals surface area contributed by atoms with Gasteiger partial charge < -0.3 is 0 Å². The van der Waals surface area contributed by atoms with E-state index in [2.05, 4.69) is 20.5 Å². The van der Waals surface area contributed by atoms with Crippen LogP contribution in [0.1, 0.15) is 16.1 Å². The van der Waals surface area contributed by atoms with E-state index < -0.39 is 0 Å². The van der Waals surface area contributed by atoms with Crippen molar-refractivity contribution in [3.05, 3.63) is 75.9 Å². The average Bonchev–Trinajstić information content (AvgIpc) is 3.14. The molecule has 140 valence electrons. The predicted octanol–water partition coefficient (Wildman–Crippen LogP) is 5.94. The number of halogens is 2. The number of anilines is 1. The Bertz CT molecular complexity index is 1150. The summed E-state index contributed by atoms with van der Waals surface area (Å²) in [5.41, 5.74) is 1.93. The molecule has 0 fully saturated rings. The monoisotopic (exact) mass is 446 g/mol. The van der Waals surface area contributed by atoms with E-state index in [1.165, 1.54) is 23.1 Å². The van der Waals surface area contributed by atoms with Gasteiger partial charge in [-0.3, -0.25) is 10.1 Å². The maximum atomic E-state index is 12.5. The molecule has 28 heavy (non-hydrogen) atoms. The van der Waals surface area contributed by atoms with Gasteiger partial charge in [-0.1, -0.05) is 76.6 Å². The van der Waals surface area contributed by atoms with Crippen molar-refractivity contribution in [2.24, 2.45) is 0 Å². The molecule has 4 rings (SSSR count). The number of nitrogens with one attached hydrogen (secondary N) is 1. The molecule has 0 saturated heterocycles. The maximum absolute atomic E-state index is 12.5. The molecule has 0 aliphatic rings. The molecule has 0 unspecified atom stereocenters. The Hall–Kier alpha value is -2.19. The molecule has 0 saturated carbocycles. The van der Waals surface area contributed by atoms with Crippen LogP contribution in [0.25, 0.3) is 10.9 Å². The number of aromatic nitrogens is 3. The summed E-state index contributed by atoms with van der Waals surface area (Å²) in [7, 11) is 0. The number of fused-ring (bicyclic) bond motifs is 1. The third kappa shape index (κ3) is 4.28. The fraction of sp³-hybridized carbons (Fsp3) is 0.0526. The van der Waals surface area contributed by atoms with E-state index in [0.29, 0.717) is 31.0 Å². The van der Waals surface area contributed by atoms with Crippen LogP contribution in [0.5, 0.6) is 0 Å². The lowest BCUT2D eigenvalue weighted by molar-refractivity contribution is 0.102. The molecule has 0 aliphatic heterocycles. The van der Waals surface area contributed by atoms with Crippen molar-refractivity contribution in [2.75, 3.05) is 5.32 Å². The van der Waals surface area contributed by atoms with Crippen LogP contribution in [0.4, 0.5) is 5.13 Å². The van der Waals surface area contributed by atoms with Crippen LogP contribution >= 0.6 is 46.3 Å². The summed E-state index contributed by atoms with van der Waals surface area (Å²) in [6, 6.07) is 16.6. The average molecular weight is 447 g/mol. The highest BCUT2D eigenvalue weighted by molar-refractivity contribution is 8.00. The van der Waals surface area contributed by atoms with E-state index in [4.69, 9.17) is 23.2 Å². The number of rotatable bonds is 5. The Morgan fingerprint density at radius 3 is 2.61 bits per heavy atom. The first-order chi connectivity index (χ1) is 13.6. The van der Waals surface area contributed by atoms with Crippen molar-refractivity contribution in [3.63, 3.8) is 0 Å². The molecule has 2 aromatic carbocycles. The lowest BCUT2D eigenvalue weighted by atomic mass is 10.2. The van der Waals surface area contributed by atoms with Crippen molar-refractivity contribution in [1.29, 1.82) is 0 Å². The Morgan fingerprint density at radius 1 is 1.00 bits per heavy atom. The summed E-state index contributed by atoms with van der Waals surface area (Å²) in [4.78, 5) is 16.8. The van der Waals surface area contributed by atoms with E-state index in [1.807, 2.05) is 30.3 Å². The fourth-order valence-electron chi connectivity index (χ4n) is 2.48. The molecule has 0 radical (unpaired) electrons. The van der Waals surface area contributed by atoms with Crippen molar-refractivity contribution < 1.29 is 4.79 Å². The maximum Gasteiger partial charge on any atom is 0.276 e. The fourth-order valence-corrected chi connectivity index (χ4v) is 4.97. The predicted molar refractivity (Wildman–Crippen MR) is 116 cm³/mol. The third-order valence-corrected chi connectivity index (χ3v) is 6.57. The number of hydrogen-bond acceptors (Lipinski definition) is 6. The van der Waals surface area contributed by atoms with Gasteiger partial charge in [0.15, 0.2) is 4.34 Å².